The van der Waals surface area contributed by atoms with Gasteiger partial charge in [-0.1, -0.05) is 6.92 Å². The van der Waals surface area contributed by atoms with E-state index in [2.05, 4.69) is 11.9 Å². The van der Waals surface area contributed by atoms with Crippen molar-refractivity contribution in [3.63, 3.8) is 0 Å². The first kappa shape index (κ1) is 14.5. The molecule has 0 amide bonds. The van der Waals surface area contributed by atoms with Crippen LogP contribution in [-0.2, 0) is 0 Å². The molecule has 1 aliphatic carbocycles. The van der Waals surface area contributed by atoms with Crippen LogP contribution in [0.25, 0.3) is 6.08 Å². The molecule has 0 saturated heterocycles. The minimum Gasteiger partial charge on any atom is -0.485 e. The fraction of sp³-hybridized carbons (Fsp3) is 0.353. The maximum atomic E-state index is 11.0. The molecule has 1 fully saturated rings. The van der Waals surface area contributed by atoms with E-state index in [1.165, 1.54) is 17.7 Å². The minimum atomic E-state index is -0.398. The van der Waals surface area contributed by atoms with Gasteiger partial charge in [-0.3, -0.25) is 15.1 Å². The van der Waals surface area contributed by atoms with Crippen LogP contribution in [0.2, 0.25) is 0 Å². The number of hydrogen-bond donors (Lipinski definition) is 0. The van der Waals surface area contributed by atoms with E-state index >= 15 is 0 Å². The number of allylic oxidation sites excluding steroid dienone is 1. The SMILES string of the molecule is CC1CC/C2=C/C=N/C=C\c3ccc([N+](=O)[O-])cc3OC2C1. The van der Waals surface area contributed by atoms with Gasteiger partial charge in [-0.15, -0.1) is 0 Å². The Morgan fingerprint density at radius 2 is 2.27 bits per heavy atom. The molecule has 1 aromatic rings. The Kier molecular flexibility index (Phi) is 4.04. The molecule has 2 unspecified atom stereocenters. The maximum Gasteiger partial charge on any atom is 0.273 e. The molecular weight excluding hydrogens is 280 g/mol. The van der Waals surface area contributed by atoms with Crippen LogP contribution >= 0.6 is 0 Å². The molecule has 1 saturated carbocycles. The van der Waals surface area contributed by atoms with Gasteiger partial charge < -0.3 is 4.74 Å². The van der Waals surface area contributed by atoms with Crippen molar-refractivity contribution in [2.45, 2.75) is 32.3 Å². The lowest BCUT2D eigenvalue weighted by Gasteiger charge is -2.30. The number of benzene rings is 1. The van der Waals surface area contributed by atoms with Gasteiger partial charge in [-0.05, 0) is 49.0 Å². The van der Waals surface area contributed by atoms with E-state index in [0.717, 1.165) is 24.8 Å². The molecule has 0 bridgehead atoms. The highest BCUT2D eigenvalue weighted by molar-refractivity contribution is 5.74. The first-order valence-electron chi connectivity index (χ1n) is 7.47. The molecule has 0 aromatic heterocycles. The summed E-state index contributed by atoms with van der Waals surface area (Å²) in [4.78, 5) is 14.8. The smallest absolute Gasteiger partial charge is 0.273 e. The van der Waals surface area contributed by atoms with Gasteiger partial charge in [0.2, 0.25) is 0 Å². The summed E-state index contributed by atoms with van der Waals surface area (Å²) in [5, 5.41) is 11.0. The lowest BCUT2D eigenvalue weighted by Crippen LogP contribution is -2.27. The molecule has 1 aliphatic heterocycles. The summed E-state index contributed by atoms with van der Waals surface area (Å²) >= 11 is 0. The fourth-order valence-electron chi connectivity index (χ4n) is 2.86. The fourth-order valence-corrected chi connectivity index (χ4v) is 2.86. The number of aliphatic imine (C=N–C) groups is 1. The summed E-state index contributed by atoms with van der Waals surface area (Å²) in [7, 11) is 0. The molecule has 0 spiro atoms. The van der Waals surface area contributed by atoms with Crippen molar-refractivity contribution in [2.24, 2.45) is 10.9 Å². The molecule has 1 heterocycles. The quantitative estimate of drug-likeness (QED) is 0.578. The van der Waals surface area contributed by atoms with Crippen LogP contribution in [0, 0.1) is 16.0 Å². The van der Waals surface area contributed by atoms with Crippen molar-refractivity contribution in [1.82, 2.24) is 0 Å². The van der Waals surface area contributed by atoms with Crippen LogP contribution in [0.4, 0.5) is 5.69 Å². The normalized spacial score (nSPS) is 29.0. The van der Waals surface area contributed by atoms with Crippen molar-refractivity contribution in [3.8, 4) is 5.75 Å². The summed E-state index contributed by atoms with van der Waals surface area (Å²) in [6.45, 7) is 2.21. The standard InChI is InChI=1S/C17H18N2O3/c1-12-2-3-13-6-8-18-9-7-14-4-5-15(19(20)21)11-17(14)22-16(13)10-12/h4-9,11-12,16H,2-3,10H2,1H3/b9-7-,13-6-,18-8+. The van der Waals surface area contributed by atoms with Crippen molar-refractivity contribution < 1.29 is 9.66 Å². The molecule has 0 N–H and O–H groups in total. The van der Waals surface area contributed by atoms with Gasteiger partial charge >= 0.3 is 0 Å². The lowest BCUT2D eigenvalue weighted by atomic mass is 9.84. The Bertz CT molecular complexity index is 676. The summed E-state index contributed by atoms with van der Waals surface area (Å²) in [6.07, 6.45) is 10.3. The summed E-state index contributed by atoms with van der Waals surface area (Å²) < 4.78 is 6.15. The zero-order valence-electron chi connectivity index (χ0n) is 12.4. The zero-order valence-corrected chi connectivity index (χ0v) is 12.4. The van der Waals surface area contributed by atoms with Crippen molar-refractivity contribution in [1.29, 1.82) is 0 Å². The van der Waals surface area contributed by atoms with Gasteiger partial charge in [0.25, 0.3) is 5.69 Å². The van der Waals surface area contributed by atoms with Crippen LogP contribution in [-0.4, -0.2) is 17.2 Å². The monoisotopic (exact) mass is 298 g/mol. The van der Waals surface area contributed by atoms with Crippen molar-refractivity contribution >= 4 is 18.0 Å². The molecule has 0 radical (unpaired) electrons. The third-order valence-electron chi connectivity index (χ3n) is 4.15. The van der Waals surface area contributed by atoms with Crippen LogP contribution < -0.4 is 4.74 Å². The highest BCUT2D eigenvalue weighted by atomic mass is 16.6. The van der Waals surface area contributed by atoms with Gasteiger partial charge in [-0.25, -0.2) is 0 Å². The number of non-ortho nitro benzene ring substituents is 1. The maximum absolute atomic E-state index is 11.0. The number of nitrogens with zero attached hydrogens (tertiary/aromatic N) is 2. The van der Waals surface area contributed by atoms with E-state index in [-0.39, 0.29) is 11.8 Å². The van der Waals surface area contributed by atoms with Crippen molar-refractivity contribution in [3.05, 3.63) is 51.7 Å². The van der Waals surface area contributed by atoms with Gasteiger partial charge in [0.15, 0.2) is 0 Å². The van der Waals surface area contributed by atoms with E-state index < -0.39 is 4.92 Å². The highest BCUT2D eigenvalue weighted by Gasteiger charge is 2.26. The van der Waals surface area contributed by atoms with Gasteiger partial charge in [0, 0.05) is 24.0 Å². The molecule has 114 valence electrons. The van der Waals surface area contributed by atoms with E-state index in [9.17, 15) is 10.1 Å². The minimum absolute atomic E-state index is 0.0394. The Labute approximate surface area is 129 Å². The number of nitro benzene ring substituents is 1. The van der Waals surface area contributed by atoms with Crippen LogP contribution in [0.1, 0.15) is 31.7 Å². The Hall–Kier alpha value is -2.43. The number of fused-ring (bicyclic) bond motifs is 2. The first-order chi connectivity index (χ1) is 10.6. The number of nitro groups is 1. The molecule has 2 atom stereocenters. The Morgan fingerprint density at radius 3 is 3.09 bits per heavy atom. The molecule has 5 heteroatoms. The Balaban J connectivity index is 2.01. The third kappa shape index (κ3) is 3.08. The predicted molar refractivity (Wildman–Crippen MR) is 86.1 cm³/mol. The average molecular weight is 298 g/mol. The van der Waals surface area contributed by atoms with Crippen LogP contribution in [0.15, 0.2) is 41.0 Å². The molecule has 3 rings (SSSR count). The molecular formula is C17H18N2O3. The van der Waals surface area contributed by atoms with Gasteiger partial charge in [0.1, 0.15) is 11.9 Å². The van der Waals surface area contributed by atoms with E-state index in [1.807, 2.05) is 6.08 Å². The molecule has 1 aromatic carbocycles. The Morgan fingerprint density at radius 1 is 1.41 bits per heavy atom. The predicted octanol–water partition coefficient (Wildman–Crippen LogP) is 4.14. The van der Waals surface area contributed by atoms with E-state index in [1.54, 1.807) is 24.6 Å². The number of hydrogen-bond acceptors (Lipinski definition) is 4. The summed E-state index contributed by atoms with van der Waals surface area (Å²) in [6, 6.07) is 4.70. The lowest BCUT2D eigenvalue weighted by molar-refractivity contribution is -0.385. The summed E-state index contributed by atoms with van der Waals surface area (Å²) in [5.74, 6) is 1.13. The van der Waals surface area contributed by atoms with Crippen LogP contribution in [0.5, 0.6) is 5.75 Å². The second kappa shape index (κ2) is 6.13. The second-order valence-corrected chi connectivity index (χ2v) is 5.82. The van der Waals surface area contributed by atoms with Crippen LogP contribution in [0.3, 0.4) is 0 Å². The van der Waals surface area contributed by atoms with Gasteiger partial charge in [-0.2, -0.15) is 0 Å². The van der Waals surface area contributed by atoms with E-state index in [4.69, 9.17) is 4.74 Å². The number of rotatable bonds is 1. The zero-order chi connectivity index (χ0) is 15.5. The molecule has 2 aliphatic rings. The first-order valence-corrected chi connectivity index (χ1v) is 7.47. The second-order valence-electron chi connectivity index (χ2n) is 5.82. The average Bonchev–Trinajstić information content (AvgIpc) is 2.50. The van der Waals surface area contributed by atoms with Gasteiger partial charge in [0.05, 0.1) is 11.0 Å². The largest absolute Gasteiger partial charge is 0.485 e. The summed E-state index contributed by atoms with van der Waals surface area (Å²) in [5.41, 5.74) is 2.05. The van der Waals surface area contributed by atoms with E-state index in [0.29, 0.717) is 11.7 Å². The third-order valence-corrected chi connectivity index (χ3v) is 4.15. The highest BCUT2D eigenvalue weighted by Crippen LogP contribution is 2.34. The van der Waals surface area contributed by atoms with Crippen molar-refractivity contribution in [2.75, 3.05) is 0 Å². The number of ether oxygens (including phenoxy) is 1. The topological polar surface area (TPSA) is 64.7 Å². The molecule has 5 nitrogen and oxygen atoms in total. The molecule has 22 heavy (non-hydrogen) atoms.